The lowest BCUT2D eigenvalue weighted by molar-refractivity contribution is 0.0937. The highest BCUT2D eigenvalue weighted by Gasteiger charge is 2.18. The third kappa shape index (κ3) is 8.29. The second kappa shape index (κ2) is 16.0. The van der Waals surface area contributed by atoms with Crippen LogP contribution in [0.4, 0.5) is 23.2 Å². The molecule has 0 saturated carbocycles. The molecule has 0 atom stereocenters. The summed E-state index contributed by atoms with van der Waals surface area (Å²) in [6.07, 6.45) is 6.37. The first kappa shape index (κ1) is 36.0. The van der Waals surface area contributed by atoms with Gasteiger partial charge in [0.25, 0.3) is 17.7 Å². The summed E-state index contributed by atoms with van der Waals surface area (Å²) in [6, 6.07) is 14.2. The van der Waals surface area contributed by atoms with Gasteiger partial charge < -0.3 is 20.9 Å². The zero-order chi connectivity index (χ0) is 34.5. The number of nitrogens with one attached hydrogen (secondary N) is 3. The van der Waals surface area contributed by atoms with Gasteiger partial charge >= 0.3 is 0 Å². The number of hydrogen-bond acceptors (Lipinski definition) is 5. The van der Waals surface area contributed by atoms with Crippen molar-refractivity contribution in [2.24, 2.45) is 0 Å². The van der Waals surface area contributed by atoms with Gasteiger partial charge in [-0.05, 0) is 97.2 Å². The van der Waals surface area contributed by atoms with Crippen molar-refractivity contribution in [3.05, 3.63) is 125 Å². The van der Waals surface area contributed by atoms with Crippen LogP contribution in [0.2, 0.25) is 0 Å². The molecule has 14 heteroatoms. The largest absolute Gasteiger partial charge is 0.351 e. The molecule has 0 bridgehead atoms. The summed E-state index contributed by atoms with van der Waals surface area (Å²) in [4.78, 5) is 45.0. The Bertz CT molecular complexity index is 2050. The average molecular weight is 709 g/mol. The lowest BCUT2D eigenvalue weighted by atomic mass is 10.0. The number of benzene rings is 3. The highest BCUT2D eigenvalue weighted by Crippen LogP contribution is 2.25. The van der Waals surface area contributed by atoms with Crippen molar-refractivity contribution < 1.29 is 31.9 Å². The van der Waals surface area contributed by atoms with Crippen LogP contribution < -0.4 is 16.0 Å². The van der Waals surface area contributed by atoms with E-state index in [4.69, 9.17) is 0 Å². The van der Waals surface area contributed by atoms with Crippen molar-refractivity contribution in [2.75, 3.05) is 31.5 Å². The maximum atomic E-state index is 15.0. The topological polar surface area (TPSA) is 108 Å². The van der Waals surface area contributed by atoms with E-state index in [2.05, 4.69) is 25.8 Å². The minimum atomic E-state index is -1.05. The van der Waals surface area contributed by atoms with Gasteiger partial charge in [-0.1, -0.05) is 18.6 Å². The highest BCUT2D eigenvalue weighted by atomic mass is 35.5. The van der Waals surface area contributed by atoms with E-state index >= 15 is 4.39 Å². The number of aromatic nitrogens is 2. The number of likely N-dealkylation sites (tertiary alicyclic amines) is 1. The summed E-state index contributed by atoms with van der Waals surface area (Å²) >= 11 is 0. The molecule has 50 heavy (non-hydrogen) atoms. The van der Waals surface area contributed by atoms with E-state index < -0.39 is 41.0 Å². The standard InChI is InChI=1S/C36H32F4N6O3.ClH/c37-27-8-4-22(16-30(27)40)20-43-34(47)25-6-9-28(38)31(18-25)44-36(49)32-21-42-33-19-24(10-14-46(32)33)23-5-7-26(29(39)17-23)35(48)41-11-15-45-12-2-1-3-13-45;/h4-10,14,16-19,21H,1-3,11-13,15,20H2,(H,41,48)(H,43,47)(H,44,49);1H. The van der Waals surface area contributed by atoms with Gasteiger partial charge in [-0.2, -0.15) is 0 Å². The number of fused-ring (bicyclic) bond motifs is 1. The number of hydrogen-bond donors (Lipinski definition) is 3. The Hall–Kier alpha value is -5.27. The summed E-state index contributed by atoms with van der Waals surface area (Å²) in [5.41, 5.74) is 1.54. The molecule has 1 aliphatic rings. The third-order valence-electron chi connectivity index (χ3n) is 8.37. The molecule has 1 saturated heterocycles. The molecule has 1 fully saturated rings. The lowest BCUT2D eigenvalue weighted by Gasteiger charge is -2.26. The van der Waals surface area contributed by atoms with Gasteiger partial charge in [0.2, 0.25) is 0 Å². The Kier molecular flexibility index (Phi) is 11.5. The number of piperidine rings is 1. The fourth-order valence-corrected chi connectivity index (χ4v) is 5.70. The van der Waals surface area contributed by atoms with Gasteiger partial charge in [0, 0.05) is 31.4 Å². The number of halogens is 5. The van der Waals surface area contributed by atoms with Crippen molar-refractivity contribution in [2.45, 2.75) is 25.8 Å². The predicted octanol–water partition coefficient (Wildman–Crippen LogP) is 6.38. The maximum Gasteiger partial charge on any atom is 0.274 e. The van der Waals surface area contributed by atoms with Crippen LogP contribution in [0.15, 0.2) is 79.1 Å². The van der Waals surface area contributed by atoms with E-state index in [1.807, 2.05) is 0 Å². The lowest BCUT2D eigenvalue weighted by Crippen LogP contribution is -2.37. The molecule has 1 aliphatic heterocycles. The molecule has 3 amide bonds. The fraction of sp³-hybridized carbons (Fsp3) is 0.222. The average Bonchev–Trinajstić information content (AvgIpc) is 3.53. The number of anilines is 1. The summed E-state index contributed by atoms with van der Waals surface area (Å²) in [6.45, 7) is 3.06. The van der Waals surface area contributed by atoms with Crippen molar-refractivity contribution in [1.82, 2.24) is 24.9 Å². The molecule has 5 aromatic rings. The van der Waals surface area contributed by atoms with Crippen LogP contribution in [0.25, 0.3) is 16.8 Å². The zero-order valence-corrected chi connectivity index (χ0v) is 27.5. The summed E-state index contributed by atoms with van der Waals surface area (Å²) in [7, 11) is 0. The zero-order valence-electron chi connectivity index (χ0n) is 26.6. The van der Waals surface area contributed by atoms with Gasteiger partial charge in [-0.3, -0.25) is 18.8 Å². The van der Waals surface area contributed by atoms with Crippen molar-refractivity contribution in [3.8, 4) is 11.1 Å². The van der Waals surface area contributed by atoms with Crippen LogP contribution in [0, 0.1) is 23.3 Å². The first-order valence-electron chi connectivity index (χ1n) is 15.8. The molecule has 260 valence electrons. The second-order valence-corrected chi connectivity index (χ2v) is 11.7. The van der Waals surface area contributed by atoms with E-state index in [1.54, 1.807) is 24.4 Å². The fourth-order valence-electron chi connectivity index (χ4n) is 5.70. The molecule has 3 N–H and O–H groups in total. The number of pyridine rings is 1. The number of carbonyl (C=O) groups excluding carboxylic acids is 3. The number of imidazole rings is 1. The van der Waals surface area contributed by atoms with E-state index in [0.717, 1.165) is 56.7 Å². The number of carbonyl (C=O) groups is 3. The van der Waals surface area contributed by atoms with E-state index in [-0.39, 0.29) is 41.5 Å². The highest BCUT2D eigenvalue weighted by molar-refractivity contribution is 6.04. The summed E-state index contributed by atoms with van der Waals surface area (Å²) in [5, 5.41) is 7.79. The Morgan fingerprint density at radius 3 is 2.24 bits per heavy atom. The molecule has 0 aliphatic carbocycles. The smallest absolute Gasteiger partial charge is 0.274 e. The van der Waals surface area contributed by atoms with Crippen molar-refractivity contribution in [3.63, 3.8) is 0 Å². The van der Waals surface area contributed by atoms with Gasteiger partial charge in [0.15, 0.2) is 11.6 Å². The SMILES string of the molecule is Cl.O=C(NCc1ccc(F)c(F)c1)c1ccc(F)c(NC(=O)c2cnc3cc(-c4ccc(C(=O)NCCN5CCCCC5)c(F)c4)ccn23)c1. The molecule has 0 radical (unpaired) electrons. The Labute approximate surface area is 291 Å². The van der Waals surface area contributed by atoms with Gasteiger partial charge in [-0.15, -0.1) is 12.4 Å². The van der Waals surface area contributed by atoms with Crippen LogP contribution in [0.3, 0.4) is 0 Å². The first-order chi connectivity index (χ1) is 23.7. The minimum Gasteiger partial charge on any atom is -0.351 e. The molecule has 3 aromatic carbocycles. The molecular formula is C36H33ClF4N6O3. The molecule has 3 heterocycles. The molecule has 0 spiro atoms. The molecule has 0 unspecified atom stereocenters. The van der Waals surface area contributed by atoms with Crippen LogP contribution >= 0.6 is 12.4 Å². The number of nitrogens with zero attached hydrogens (tertiary/aromatic N) is 3. The van der Waals surface area contributed by atoms with E-state index in [0.29, 0.717) is 28.9 Å². The third-order valence-corrected chi connectivity index (χ3v) is 8.37. The molecular weight excluding hydrogens is 676 g/mol. The molecule has 9 nitrogen and oxygen atoms in total. The Morgan fingerprint density at radius 2 is 1.48 bits per heavy atom. The molecule has 2 aromatic heterocycles. The number of amides is 3. The Balaban J connectivity index is 0.00000486. The second-order valence-electron chi connectivity index (χ2n) is 11.7. The van der Waals surface area contributed by atoms with Crippen LogP contribution in [0.1, 0.15) is 56.0 Å². The summed E-state index contributed by atoms with van der Waals surface area (Å²) < 4.78 is 57.8. The van der Waals surface area contributed by atoms with E-state index in [9.17, 15) is 27.6 Å². The van der Waals surface area contributed by atoms with Gasteiger partial charge in [0.1, 0.15) is 23.0 Å². The monoisotopic (exact) mass is 708 g/mol. The number of rotatable bonds is 10. The van der Waals surface area contributed by atoms with Crippen molar-refractivity contribution in [1.29, 1.82) is 0 Å². The van der Waals surface area contributed by atoms with Gasteiger partial charge in [0.05, 0.1) is 17.4 Å². The Morgan fingerprint density at radius 1 is 0.720 bits per heavy atom. The molecule has 6 rings (SSSR count). The predicted molar refractivity (Wildman–Crippen MR) is 182 cm³/mol. The quantitative estimate of drug-likeness (QED) is 0.146. The summed E-state index contributed by atoms with van der Waals surface area (Å²) in [5.74, 6) is -5.34. The maximum absolute atomic E-state index is 15.0. The van der Waals surface area contributed by atoms with Crippen LogP contribution in [0.5, 0.6) is 0 Å². The van der Waals surface area contributed by atoms with Crippen LogP contribution in [-0.2, 0) is 6.54 Å². The van der Waals surface area contributed by atoms with Gasteiger partial charge in [-0.25, -0.2) is 22.5 Å². The van der Waals surface area contributed by atoms with E-state index in [1.165, 1.54) is 41.3 Å². The first-order valence-corrected chi connectivity index (χ1v) is 15.8. The minimum absolute atomic E-state index is 0. The van der Waals surface area contributed by atoms with Crippen molar-refractivity contribution >= 4 is 41.5 Å². The normalized spacial score (nSPS) is 13.0. The van der Waals surface area contributed by atoms with Crippen LogP contribution in [-0.4, -0.2) is 58.2 Å².